The fraction of sp³-hybridized carbons (Fsp3) is 0.350. The summed E-state index contributed by atoms with van der Waals surface area (Å²) in [7, 11) is 0. The molecular weight excluding hydrogens is 320 g/mol. The van der Waals surface area contributed by atoms with Crippen molar-refractivity contribution >= 4 is 23.3 Å². The SMILES string of the molecule is CCCCc1ccc(NC(=O)NC(CC)c2ccc(Cl)cc2)cc1. The van der Waals surface area contributed by atoms with Crippen LogP contribution in [0.1, 0.15) is 50.3 Å². The van der Waals surface area contributed by atoms with Crippen LogP contribution in [0.4, 0.5) is 10.5 Å². The first kappa shape index (κ1) is 18.3. The number of aryl methyl sites for hydroxylation is 1. The Bertz CT molecular complexity index is 638. The molecule has 0 aliphatic heterocycles. The third-order valence-electron chi connectivity index (χ3n) is 4.02. The third-order valence-corrected chi connectivity index (χ3v) is 4.27. The van der Waals surface area contributed by atoms with Gasteiger partial charge in [-0.3, -0.25) is 0 Å². The Kier molecular flexibility index (Phi) is 7.13. The maximum absolute atomic E-state index is 12.2. The van der Waals surface area contributed by atoms with E-state index in [9.17, 15) is 4.79 Å². The van der Waals surface area contributed by atoms with Gasteiger partial charge in [-0.2, -0.15) is 0 Å². The maximum atomic E-state index is 12.2. The number of nitrogens with one attached hydrogen (secondary N) is 2. The molecular formula is C20H25ClN2O. The second-order valence-electron chi connectivity index (χ2n) is 5.91. The Morgan fingerprint density at radius 2 is 1.71 bits per heavy atom. The van der Waals surface area contributed by atoms with Gasteiger partial charge in [-0.25, -0.2) is 4.79 Å². The van der Waals surface area contributed by atoms with Crippen LogP contribution in [0, 0.1) is 0 Å². The predicted octanol–water partition coefficient (Wildman–Crippen LogP) is 5.96. The lowest BCUT2D eigenvalue weighted by molar-refractivity contribution is 0.248. The van der Waals surface area contributed by atoms with E-state index in [0.29, 0.717) is 5.02 Å². The van der Waals surface area contributed by atoms with Crippen LogP contribution in [0.25, 0.3) is 0 Å². The van der Waals surface area contributed by atoms with E-state index in [2.05, 4.69) is 29.7 Å². The maximum Gasteiger partial charge on any atom is 0.319 e. The molecule has 3 nitrogen and oxygen atoms in total. The van der Waals surface area contributed by atoms with E-state index in [1.807, 2.05) is 43.3 Å². The van der Waals surface area contributed by atoms with Gasteiger partial charge >= 0.3 is 6.03 Å². The summed E-state index contributed by atoms with van der Waals surface area (Å²) in [6.07, 6.45) is 4.26. The summed E-state index contributed by atoms with van der Waals surface area (Å²) >= 11 is 5.92. The molecule has 2 rings (SSSR count). The van der Waals surface area contributed by atoms with Crippen LogP contribution in [0.15, 0.2) is 48.5 Å². The lowest BCUT2D eigenvalue weighted by Gasteiger charge is -2.18. The van der Waals surface area contributed by atoms with Crippen LogP contribution in [-0.2, 0) is 6.42 Å². The van der Waals surface area contributed by atoms with Crippen LogP contribution < -0.4 is 10.6 Å². The fourth-order valence-corrected chi connectivity index (χ4v) is 2.70. The van der Waals surface area contributed by atoms with Crippen molar-refractivity contribution in [1.29, 1.82) is 0 Å². The van der Waals surface area contributed by atoms with Gasteiger partial charge in [0.2, 0.25) is 0 Å². The number of carbonyl (C=O) groups is 1. The number of amides is 2. The molecule has 128 valence electrons. The van der Waals surface area contributed by atoms with Gasteiger partial charge < -0.3 is 10.6 Å². The Morgan fingerprint density at radius 1 is 1.04 bits per heavy atom. The van der Waals surface area contributed by atoms with Crippen LogP contribution in [-0.4, -0.2) is 6.03 Å². The van der Waals surface area contributed by atoms with Gasteiger partial charge in [0.1, 0.15) is 0 Å². The van der Waals surface area contributed by atoms with Crippen molar-refractivity contribution in [2.75, 3.05) is 5.32 Å². The second kappa shape index (κ2) is 9.33. The van der Waals surface area contributed by atoms with Gasteiger partial charge in [0.15, 0.2) is 0 Å². The molecule has 4 heteroatoms. The smallest absolute Gasteiger partial charge is 0.319 e. The van der Waals surface area contributed by atoms with Crippen LogP contribution in [0.3, 0.4) is 0 Å². The molecule has 0 heterocycles. The minimum absolute atomic E-state index is 0.0360. The number of rotatable bonds is 7. The van der Waals surface area contributed by atoms with Gasteiger partial charge in [-0.15, -0.1) is 0 Å². The highest BCUT2D eigenvalue weighted by atomic mass is 35.5. The van der Waals surface area contributed by atoms with Crippen molar-refractivity contribution in [1.82, 2.24) is 5.32 Å². The van der Waals surface area contributed by atoms with E-state index in [1.54, 1.807) is 0 Å². The number of benzene rings is 2. The summed E-state index contributed by atoms with van der Waals surface area (Å²) in [5.41, 5.74) is 3.15. The molecule has 0 spiro atoms. The number of anilines is 1. The molecule has 0 aromatic heterocycles. The summed E-state index contributed by atoms with van der Waals surface area (Å²) in [6, 6.07) is 15.4. The van der Waals surface area contributed by atoms with Gasteiger partial charge in [0, 0.05) is 10.7 Å². The predicted molar refractivity (Wildman–Crippen MR) is 102 cm³/mol. The zero-order valence-electron chi connectivity index (χ0n) is 14.3. The van der Waals surface area contributed by atoms with E-state index in [0.717, 1.165) is 24.1 Å². The Balaban J connectivity index is 1.92. The lowest BCUT2D eigenvalue weighted by atomic mass is 10.1. The summed E-state index contributed by atoms with van der Waals surface area (Å²) in [5, 5.41) is 6.60. The summed E-state index contributed by atoms with van der Waals surface area (Å²) < 4.78 is 0. The van der Waals surface area contributed by atoms with E-state index >= 15 is 0 Å². The van der Waals surface area contributed by atoms with E-state index in [4.69, 9.17) is 11.6 Å². The van der Waals surface area contributed by atoms with Crippen molar-refractivity contribution < 1.29 is 4.79 Å². The Morgan fingerprint density at radius 3 is 2.29 bits per heavy atom. The molecule has 0 fully saturated rings. The Hall–Kier alpha value is -2.00. The molecule has 24 heavy (non-hydrogen) atoms. The quantitative estimate of drug-likeness (QED) is 0.639. The molecule has 2 N–H and O–H groups in total. The first-order valence-corrected chi connectivity index (χ1v) is 8.92. The molecule has 0 radical (unpaired) electrons. The van der Waals surface area contributed by atoms with E-state index in [1.165, 1.54) is 18.4 Å². The lowest BCUT2D eigenvalue weighted by Crippen LogP contribution is -2.32. The van der Waals surface area contributed by atoms with Crippen molar-refractivity contribution in [3.05, 3.63) is 64.7 Å². The normalized spacial score (nSPS) is 11.8. The van der Waals surface area contributed by atoms with Gasteiger partial charge in [0.25, 0.3) is 0 Å². The van der Waals surface area contributed by atoms with E-state index < -0.39 is 0 Å². The Labute approximate surface area is 149 Å². The minimum atomic E-state index is -0.196. The number of urea groups is 1. The number of hydrogen-bond donors (Lipinski definition) is 2. The highest BCUT2D eigenvalue weighted by Crippen LogP contribution is 2.19. The van der Waals surface area contributed by atoms with Gasteiger partial charge in [-0.05, 0) is 54.7 Å². The molecule has 2 aromatic rings. The highest BCUT2D eigenvalue weighted by Gasteiger charge is 2.12. The van der Waals surface area contributed by atoms with E-state index in [-0.39, 0.29) is 12.1 Å². The molecule has 0 aliphatic carbocycles. The molecule has 1 unspecified atom stereocenters. The van der Waals surface area contributed by atoms with Crippen molar-refractivity contribution in [2.45, 2.75) is 45.6 Å². The average Bonchev–Trinajstić information content (AvgIpc) is 2.60. The minimum Gasteiger partial charge on any atom is -0.331 e. The monoisotopic (exact) mass is 344 g/mol. The first-order valence-electron chi connectivity index (χ1n) is 8.54. The second-order valence-corrected chi connectivity index (χ2v) is 6.35. The first-order chi connectivity index (χ1) is 11.6. The zero-order valence-corrected chi connectivity index (χ0v) is 15.1. The van der Waals surface area contributed by atoms with Crippen molar-refractivity contribution in [3.63, 3.8) is 0 Å². The van der Waals surface area contributed by atoms with Crippen LogP contribution in [0.2, 0.25) is 5.02 Å². The summed E-state index contributed by atoms with van der Waals surface area (Å²) in [6.45, 7) is 4.23. The molecule has 0 bridgehead atoms. The fourth-order valence-electron chi connectivity index (χ4n) is 2.58. The third kappa shape index (κ3) is 5.57. The number of carbonyl (C=O) groups excluding carboxylic acids is 1. The molecule has 1 atom stereocenters. The standard InChI is InChI=1S/C20H25ClN2O/c1-3-5-6-15-7-13-18(14-8-15)22-20(24)23-19(4-2)16-9-11-17(21)12-10-16/h7-14,19H,3-6H2,1-2H3,(H2,22,23,24). The summed E-state index contributed by atoms with van der Waals surface area (Å²) in [4.78, 5) is 12.2. The molecule has 0 saturated heterocycles. The summed E-state index contributed by atoms with van der Waals surface area (Å²) in [5.74, 6) is 0. The van der Waals surface area contributed by atoms with Gasteiger partial charge in [0.05, 0.1) is 6.04 Å². The molecule has 2 aromatic carbocycles. The molecule has 2 amide bonds. The average molecular weight is 345 g/mol. The number of halogens is 1. The largest absolute Gasteiger partial charge is 0.331 e. The topological polar surface area (TPSA) is 41.1 Å². The number of hydrogen-bond acceptors (Lipinski definition) is 1. The molecule has 0 saturated carbocycles. The van der Waals surface area contributed by atoms with Crippen molar-refractivity contribution in [2.24, 2.45) is 0 Å². The zero-order chi connectivity index (χ0) is 17.4. The number of unbranched alkanes of at least 4 members (excludes halogenated alkanes) is 1. The molecule has 0 aliphatic rings. The highest BCUT2D eigenvalue weighted by molar-refractivity contribution is 6.30. The van der Waals surface area contributed by atoms with Gasteiger partial charge in [-0.1, -0.05) is 56.1 Å². The van der Waals surface area contributed by atoms with Crippen molar-refractivity contribution in [3.8, 4) is 0 Å². The van der Waals surface area contributed by atoms with Crippen LogP contribution >= 0.6 is 11.6 Å². The van der Waals surface area contributed by atoms with Crippen LogP contribution in [0.5, 0.6) is 0 Å².